The normalized spacial score (nSPS) is 15.7. The summed E-state index contributed by atoms with van der Waals surface area (Å²) in [6.07, 6.45) is 8.46. The maximum absolute atomic E-state index is 14.4. The number of hydrogen-bond donors (Lipinski definition) is 0. The third kappa shape index (κ3) is 3.82. The maximum atomic E-state index is 14.4. The van der Waals surface area contributed by atoms with E-state index in [-0.39, 0.29) is 16.7 Å². The zero-order chi connectivity index (χ0) is 17.1. The van der Waals surface area contributed by atoms with Crippen molar-refractivity contribution in [2.24, 2.45) is 5.92 Å². The van der Waals surface area contributed by atoms with E-state index < -0.39 is 17.5 Å². The van der Waals surface area contributed by atoms with Crippen molar-refractivity contribution in [2.45, 2.75) is 51.9 Å². The Kier molecular flexibility index (Phi) is 5.27. The molecule has 0 bridgehead atoms. The minimum Gasteiger partial charge on any atom is -0.207 e. The first kappa shape index (κ1) is 17.1. The van der Waals surface area contributed by atoms with Gasteiger partial charge < -0.3 is 0 Å². The van der Waals surface area contributed by atoms with Crippen molar-refractivity contribution in [2.75, 3.05) is 0 Å². The van der Waals surface area contributed by atoms with Gasteiger partial charge in [0.15, 0.2) is 0 Å². The Bertz CT molecular complexity index is 692. The number of rotatable bonds is 4. The van der Waals surface area contributed by atoms with Crippen LogP contribution >= 0.6 is 0 Å². The summed E-state index contributed by atoms with van der Waals surface area (Å²) in [6, 6.07) is 7.40. The lowest BCUT2D eigenvalue weighted by Gasteiger charge is -2.21. The zero-order valence-corrected chi connectivity index (χ0v) is 14.0. The fraction of sp³-hybridized carbons (Fsp3) is 0.429. The molecule has 0 atom stereocenters. The Morgan fingerprint density at radius 3 is 2.17 bits per heavy atom. The van der Waals surface area contributed by atoms with Crippen LogP contribution < -0.4 is 0 Å². The van der Waals surface area contributed by atoms with Crippen molar-refractivity contribution in [1.82, 2.24) is 0 Å². The van der Waals surface area contributed by atoms with Crippen LogP contribution in [0.5, 0.6) is 0 Å². The summed E-state index contributed by atoms with van der Waals surface area (Å²) in [5, 5.41) is 0. The molecule has 2 aromatic carbocycles. The molecule has 0 heterocycles. The van der Waals surface area contributed by atoms with E-state index in [9.17, 15) is 13.2 Å². The molecule has 2 aromatic rings. The third-order valence-electron chi connectivity index (χ3n) is 5.19. The molecular weight excluding hydrogens is 309 g/mol. The van der Waals surface area contributed by atoms with Gasteiger partial charge in [0.1, 0.15) is 17.5 Å². The van der Waals surface area contributed by atoms with Gasteiger partial charge in [-0.25, -0.2) is 13.2 Å². The maximum Gasteiger partial charge on any atom is 0.131 e. The van der Waals surface area contributed by atoms with Gasteiger partial charge >= 0.3 is 0 Å². The van der Waals surface area contributed by atoms with E-state index in [0.717, 1.165) is 24.3 Å². The van der Waals surface area contributed by atoms with Crippen LogP contribution in [0.1, 0.15) is 49.7 Å². The average molecular weight is 332 g/mol. The summed E-state index contributed by atoms with van der Waals surface area (Å²) >= 11 is 0. The number of hydrogen-bond acceptors (Lipinski definition) is 0. The molecule has 1 fully saturated rings. The van der Waals surface area contributed by atoms with Crippen molar-refractivity contribution in [1.29, 1.82) is 0 Å². The number of aryl methyl sites for hydroxylation is 1. The van der Waals surface area contributed by atoms with Gasteiger partial charge in [-0.1, -0.05) is 44.2 Å². The molecule has 1 aliphatic rings. The van der Waals surface area contributed by atoms with Gasteiger partial charge in [0.05, 0.1) is 0 Å². The summed E-state index contributed by atoms with van der Waals surface area (Å²) in [6.45, 7) is 1.37. The summed E-state index contributed by atoms with van der Waals surface area (Å²) < 4.78 is 41.8. The van der Waals surface area contributed by atoms with Crippen LogP contribution in [-0.4, -0.2) is 0 Å². The third-order valence-corrected chi connectivity index (χ3v) is 5.19. The Labute approximate surface area is 141 Å². The highest BCUT2D eigenvalue weighted by molar-refractivity contribution is 5.65. The highest BCUT2D eigenvalue weighted by Crippen LogP contribution is 2.30. The molecular formula is C21H23F3. The summed E-state index contributed by atoms with van der Waals surface area (Å²) in [7, 11) is 0. The SMILES string of the molecule is Cc1c(F)cc(-c2ccc(CCC3CCCCC3)cc2F)cc1F. The lowest BCUT2D eigenvalue weighted by atomic mass is 9.85. The molecule has 0 nitrogen and oxygen atoms in total. The predicted molar refractivity (Wildman–Crippen MR) is 91.4 cm³/mol. The summed E-state index contributed by atoms with van der Waals surface area (Å²) in [5.74, 6) is -0.961. The largest absolute Gasteiger partial charge is 0.207 e. The molecule has 0 aromatic heterocycles. The molecule has 0 amide bonds. The van der Waals surface area contributed by atoms with Crippen LogP contribution in [0, 0.1) is 30.3 Å². The molecule has 3 heteroatoms. The molecule has 3 rings (SSSR count). The molecule has 0 unspecified atom stereocenters. The lowest BCUT2D eigenvalue weighted by molar-refractivity contribution is 0.339. The van der Waals surface area contributed by atoms with E-state index >= 15 is 0 Å². The molecule has 0 aliphatic heterocycles. The van der Waals surface area contributed by atoms with E-state index in [2.05, 4.69) is 0 Å². The lowest BCUT2D eigenvalue weighted by Crippen LogP contribution is -2.07. The second kappa shape index (κ2) is 7.42. The Morgan fingerprint density at radius 2 is 1.54 bits per heavy atom. The van der Waals surface area contributed by atoms with Crippen molar-refractivity contribution < 1.29 is 13.2 Å². The second-order valence-electron chi connectivity index (χ2n) is 6.92. The van der Waals surface area contributed by atoms with E-state index in [1.54, 1.807) is 6.07 Å². The van der Waals surface area contributed by atoms with Gasteiger partial charge in [-0.3, -0.25) is 0 Å². The van der Waals surface area contributed by atoms with Crippen LogP contribution in [0.3, 0.4) is 0 Å². The Morgan fingerprint density at radius 1 is 0.875 bits per heavy atom. The Balaban J connectivity index is 1.75. The molecule has 0 saturated heterocycles. The van der Waals surface area contributed by atoms with Crippen LogP contribution in [-0.2, 0) is 6.42 Å². The zero-order valence-electron chi connectivity index (χ0n) is 14.0. The quantitative estimate of drug-likeness (QED) is 0.592. The fourth-order valence-electron chi connectivity index (χ4n) is 3.60. The smallest absolute Gasteiger partial charge is 0.131 e. The van der Waals surface area contributed by atoms with Gasteiger partial charge in [0, 0.05) is 11.1 Å². The number of halogens is 3. The molecule has 0 N–H and O–H groups in total. The van der Waals surface area contributed by atoms with E-state index in [1.807, 2.05) is 6.07 Å². The fourth-order valence-corrected chi connectivity index (χ4v) is 3.60. The van der Waals surface area contributed by atoms with E-state index in [4.69, 9.17) is 0 Å². The Hall–Kier alpha value is -1.77. The van der Waals surface area contributed by atoms with Crippen LogP contribution in [0.15, 0.2) is 30.3 Å². The number of benzene rings is 2. The van der Waals surface area contributed by atoms with Gasteiger partial charge in [-0.05, 0) is 55.0 Å². The van der Waals surface area contributed by atoms with Gasteiger partial charge in [0.2, 0.25) is 0 Å². The van der Waals surface area contributed by atoms with Crippen LogP contribution in [0.25, 0.3) is 11.1 Å². The van der Waals surface area contributed by atoms with Gasteiger partial charge in [0.25, 0.3) is 0 Å². The molecule has 1 saturated carbocycles. The van der Waals surface area contributed by atoms with Crippen molar-refractivity contribution in [3.63, 3.8) is 0 Å². The van der Waals surface area contributed by atoms with Crippen molar-refractivity contribution in [3.8, 4) is 11.1 Å². The van der Waals surface area contributed by atoms with E-state index in [1.165, 1.54) is 57.2 Å². The average Bonchev–Trinajstić information content (AvgIpc) is 2.58. The first-order chi connectivity index (χ1) is 11.5. The summed E-state index contributed by atoms with van der Waals surface area (Å²) in [4.78, 5) is 0. The first-order valence-corrected chi connectivity index (χ1v) is 8.79. The minimum absolute atomic E-state index is 0.0386. The van der Waals surface area contributed by atoms with Crippen molar-refractivity contribution in [3.05, 3.63) is 58.9 Å². The van der Waals surface area contributed by atoms with Gasteiger partial charge in [-0.15, -0.1) is 0 Å². The molecule has 128 valence electrons. The van der Waals surface area contributed by atoms with Crippen LogP contribution in [0.4, 0.5) is 13.2 Å². The van der Waals surface area contributed by atoms with Crippen molar-refractivity contribution >= 4 is 0 Å². The predicted octanol–water partition coefficient (Wildman–Crippen LogP) is 6.59. The second-order valence-corrected chi connectivity index (χ2v) is 6.92. The van der Waals surface area contributed by atoms with Crippen LogP contribution in [0.2, 0.25) is 0 Å². The molecule has 24 heavy (non-hydrogen) atoms. The topological polar surface area (TPSA) is 0 Å². The monoisotopic (exact) mass is 332 g/mol. The molecule has 0 spiro atoms. The minimum atomic E-state index is -0.647. The first-order valence-electron chi connectivity index (χ1n) is 8.79. The van der Waals surface area contributed by atoms with Gasteiger partial charge in [-0.2, -0.15) is 0 Å². The highest BCUT2D eigenvalue weighted by atomic mass is 19.1. The summed E-state index contributed by atoms with van der Waals surface area (Å²) in [5.41, 5.74) is 1.40. The molecule has 1 aliphatic carbocycles. The van der Waals surface area contributed by atoms with E-state index in [0.29, 0.717) is 0 Å². The standard InChI is InChI=1S/C21H23F3/c1-14-19(22)12-17(13-20(14)23)18-10-9-16(11-21(18)24)8-7-15-5-3-2-4-6-15/h9-13,15H,2-8H2,1H3. The molecule has 0 radical (unpaired) electrons. The highest BCUT2D eigenvalue weighted by Gasteiger charge is 2.15.